The molecule has 14 heteroatoms. The van der Waals surface area contributed by atoms with E-state index >= 15 is 0 Å². The van der Waals surface area contributed by atoms with Gasteiger partial charge in [0, 0.05) is 0 Å². The van der Waals surface area contributed by atoms with E-state index in [0.717, 1.165) is 18.2 Å². The molecule has 1 aromatic carbocycles. The maximum Gasteiger partial charge on any atom is 1.00 e. The van der Waals surface area contributed by atoms with E-state index in [2.05, 4.69) is 0 Å². The number of aromatic carboxylic acids is 3. The van der Waals surface area contributed by atoms with E-state index in [-0.39, 0.29) is 234 Å². The van der Waals surface area contributed by atoms with Crippen LogP contribution in [0.1, 0.15) is 31.1 Å². The summed E-state index contributed by atoms with van der Waals surface area (Å²) in [6.45, 7) is 0. The molecule has 23 heavy (non-hydrogen) atoms. The molecule has 0 aliphatic carbocycles. The van der Waals surface area contributed by atoms with Crippen molar-refractivity contribution in [3.05, 3.63) is 34.9 Å². The molecule has 0 atom stereocenters. The first-order valence-electron chi connectivity index (χ1n) is 3.71. The third-order valence-electron chi connectivity index (χ3n) is 1.64. The molecule has 1 aromatic rings. The summed E-state index contributed by atoms with van der Waals surface area (Å²) in [5.74, 6) is -5.04. The first-order valence-corrected chi connectivity index (χ1v) is 3.71. The Hall–Kier alpha value is 3.59. The maximum absolute atomic E-state index is 10.4. The van der Waals surface area contributed by atoms with Crippen LogP contribution < -0.4 is 222 Å². The van der Waals surface area contributed by atoms with E-state index in [1.54, 1.807) is 0 Å². The molecule has 0 radical (unpaired) electrons. The Balaban J connectivity index is -0.0000000469. The van der Waals surface area contributed by atoms with Crippen molar-refractivity contribution in [2.75, 3.05) is 0 Å². The standard InChI is InChI=1S/C9H6O6.3Cs.5H2O/c10-7(11)4-1-5(8(12)13)3-6(2-4)9(14)15;;;;;;;;/h1-3H,(H,10,11)(H,12,13)(H,14,15);;;;5*1H2/q;3*+1;;;;;/p-3. The molecular formula is C9H13Cs3O11. The van der Waals surface area contributed by atoms with Crippen molar-refractivity contribution < 1.29 is 264 Å². The molecule has 0 aromatic heterocycles. The average Bonchev–Trinajstić information content (AvgIpc) is 2.16. The zero-order valence-electron chi connectivity index (χ0n) is 12.7. The molecule has 0 spiro atoms. The van der Waals surface area contributed by atoms with Gasteiger partial charge in [0.15, 0.2) is 0 Å². The number of carbonyl (C=O) groups is 3. The Kier molecular flexibility index (Phi) is 56.0. The van der Waals surface area contributed by atoms with Crippen molar-refractivity contribution in [2.45, 2.75) is 0 Å². The first-order chi connectivity index (χ1) is 6.91. The van der Waals surface area contributed by atoms with Gasteiger partial charge in [-0.15, -0.1) is 0 Å². The van der Waals surface area contributed by atoms with Gasteiger partial charge in [-0.1, -0.05) is 0 Å². The van der Waals surface area contributed by atoms with Gasteiger partial charge in [-0.3, -0.25) is 0 Å². The van der Waals surface area contributed by atoms with Crippen molar-refractivity contribution >= 4 is 17.9 Å². The first kappa shape index (κ1) is 50.4. The number of carbonyl (C=O) groups excluding carboxylic acids is 3. The average molecular weight is 696 g/mol. The zero-order chi connectivity index (χ0) is 11.6. The minimum atomic E-state index is -1.68. The van der Waals surface area contributed by atoms with Crippen molar-refractivity contribution in [3.8, 4) is 0 Å². The molecule has 0 fully saturated rings. The van der Waals surface area contributed by atoms with Gasteiger partial charge >= 0.3 is 207 Å². The zero-order valence-corrected chi connectivity index (χ0v) is 31.5. The van der Waals surface area contributed by atoms with Gasteiger partial charge in [0.1, 0.15) is 0 Å². The quantitative estimate of drug-likeness (QED) is 0.296. The summed E-state index contributed by atoms with van der Waals surface area (Å²) in [4.78, 5) is 31.2. The largest absolute Gasteiger partial charge is 1.00 e. The number of benzene rings is 1. The minimum absolute atomic E-state index is 0. The maximum atomic E-state index is 10.4. The summed E-state index contributed by atoms with van der Waals surface area (Å²) in [6, 6.07) is 2.24. The molecular weight excluding hydrogens is 683 g/mol. The number of carboxylic acids is 3. The third-order valence-corrected chi connectivity index (χ3v) is 1.64. The Morgan fingerprint density at radius 1 is 0.522 bits per heavy atom. The van der Waals surface area contributed by atoms with E-state index < -0.39 is 34.6 Å². The summed E-state index contributed by atoms with van der Waals surface area (Å²) in [6.07, 6.45) is 0. The Bertz CT molecular complexity index is 387. The topological polar surface area (TPSA) is 278 Å². The Morgan fingerprint density at radius 2 is 0.652 bits per heavy atom. The van der Waals surface area contributed by atoms with Crippen LogP contribution in [0.4, 0.5) is 0 Å². The predicted molar refractivity (Wildman–Crippen MR) is 57.5 cm³/mol. The van der Waals surface area contributed by atoms with E-state index in [1.165, 1.54) is 0 Å². The number of rotatable bonds is 3. The van der Waals surface area contributed by atoms with Crippen molar-refractivity contribution in [3.63, 3.8) is 0 Å². The molecule has 0 saturated carbocycles. The SMILES string of the molecule is O.O.O.O.O.O=C([O-])c1cc(C(=O)[O-])cc(C(=O)[O-])c1.[Cs+].[Cs+].[Cs+]. The Labute approximate surface area is 307 Å². The number of carboxylic acid groups (broad SMARTS) is 3. The van der Waals surface area contributed by atoms with E-state index in [0.29, 0.717) is 0 Å². The normalized spacial score (nSPS) is 6.26. The van der Waals surface area contributed by atoms with Crippen molar-refractivity contribution in [1.82, 2.24) is 0 Å². The molecule has 0 unspecified atom stereocenters. The van der Waals surface area contributed by atoms with Crippen LogP contribution in [0.3, 0.4) is 0 Å². The summed E-state index contributed by atoms with van der Waals surface area (Å²) in [5, 5.41) is 31.2. The molecule has 0 heterocycles. The minimum Gasteiger partial charge on any atom is -0.545 e. The van der Waals surface area contributed by atoms with Gasteiger partial charge in [-0.05, 0) is 34.9 Å². The van der Waals surface area contributed by atoms with Gasteiger partial charge < -0.3 is 57.1 Å². The smallest absolute Gasteiger partial charge is 0.545 e. The van der Waals surface area contributed by atoms with Crippen molar-refractivity contribution in [1.29, 1.82) is 0 Å². The third kappa shape index (κ3) is 18.7. The van der Waals surface area contributed by atoms with Gasteiger partial charge in [0.2, 0.25) is 0 Å². The number of hydrogen-bond donors (Lipinski definition) is 0. The van der Waals surface area contributed by atoms with Gasteiger partial charge in [-0.2, -0.15) is 0 Å². The van der Waals surface area contributed by atoms with Crippen molar-refractivity contribution in [2.24, 2.45) is 0 Å². The molecule has 10 N–H and O–H groups in total. The van der Waals surface area contributed by atoms with Gasteiger partial charge in [-0.25, -0.2) is 0 Å². The van der Waals surface area contributed by atoms with E-state index in [4.69, 9.17) is 0 Å². The molecule has 118 valence electrons. The molecule has 0 bridgehead atoms. The van der Waals surface area contributed by atoms with Crippen LogP contribution in [0, 0.1) is 0 Å². The summed E-state index contributed by atoms with van der Waals surface area (Å²) >= 11 is 0. The summed E-state index contributed by atoms with van der Waals surface area (Å²) < 4.78 is 0. The predicted octanol–water partition coefficient (Wildman–Crippen LogP) is -16.3. The second kappa shape index (κ2) is 25.6. The molecule has 0 amide bonds. The van der Waals surface area contributed by atoms with Crippen LogP contribution in [0.15, 0.2) is 18.2 Å². The van der Waals surface area contributed by atoms with Crippen LogP contribution in [0.2, 0.25) is 0 Å². The van der Waals surface area contributed by atoms with Crippen LogP contribution in [-0.4, -0.2) is 45.3 Å². The fraction of sp³-hybridized carbons (Fsp3) is 0. The molecule has 0 saturated heterocycles. The summed E-state index contributed by atoms with van der Waals surface area (Å²) in [5.41, 5.74) is -1.68. The van der Waals surface area contributed by atoms with E-state index in [9.17, 15) is 29.7 Å². The van der Waals surface area contributed by atoms with Crippen LogP contribution >= 0.6 is 0 Å². The van der Waals surface area contributed by atoms with Gasteiger partial charge in [0.05, 0.1) is 17.9 Å². The van der Waals surface area contributed by atoms with Crippen LogP contribution in [-0.2, 0) is 0 Å². The van der Waals surface area contributed by atoms with Crippen LogP contribution in [0.25, 0.3) is 0 Å². The second-order valence-electron chi connectivity index (χ2n) is 2.66. The van der Waals surface area contributed by atoms with Gasteiger partial charge in [0.25, 0.3) is 0 Å². The monoisotopic (exact) mass is 696 g/mol. The number of hydrogen-bond acceptors (Lipinski definition) is 6. The van der Waals surface area contributed by atoms with Crippen LogP contribution in [0.5, 0.6) is 0 Å². The Morgan fingerprint density at radius 3 is 0.739 bits per heavy atom. The van der Waals surface area contributed by atoms with E-state index in [1.807, 2.05) is 0 Å². The molecule has 1 rings (SSSR count). The fourth-order valence-corrected chi connectivity index (χ4v) is 0.981. The molecule has 0 aliphatic rings. The fourth-order valence-electron chi connectivity index (χ4n) is 0.981. The molecule has 0 aliphatic heterocycles. The summed E-state index contributed by atoms with van der Waals surface area (Å²) in [7, 11) is 0. The second-order valence-corrected chi connectivity index (χ2v) is 2.66. The molecule has 11 nitrogen and oxygen atoms in total.